The van der Waals surface area contributed by atoms with Crippen molar-refractivity contribution in [3.8, 4) is 5.75 Å². The van der Waals surface area contributed by atoms with Crippen LogP contribution in [0.2, 0.25) is 0 Å². The molecule has 0 saturated carbocycles. The first-order valence-corrected chi connectivity index (χ1v) is 5.61. The van der Waals surface area contributed by atoms with Gasteiger partial charge in [0, 0.05) is 16.8 Å². The van der Waals surface area contributed by atoms with Crippen molar-refractivity contribution in [2.45, 2.75) is 13.8 Å². The predicted octanol–water partition coefficient (Wildman–Crippen LogP) is 3.16. The van der Waals surface area contributed by atoms with Crippen molar-refractivity contribution in [3.05, 3.63) is 39.9 Å². The third-order valence-electron chi connectivity index (χ3n) is 3.13. The molecule has 0 saturated heterocycles. The van der Waals surface area contributed by atoms with E-state index in [0.717, 1.165) is 21.9 Å². The van der Waals surface area contributed by atoms with E-state index in [4.69, 9.17) is 13.6 Å². The number of hydrogen-bond acceptors (Lipinski definition) is 4. The van der Waals surface area contributed by atoms with E-state index in [0.29, 0.717) is 16.9 Å². The van der Waals surface area contributed by atoms with Gasteiger partial charge >= 0.3 is 5.63 Å². The molecule has 0 unspecified atom stereocenters. The number of furan rings is 1. The molecular formula is C14H12O4. The zero-order chi connectivity index (χ0) is 12.9. The molecule has 92 valence electrons. The minimum absolute atomic E-state index is 0.388. The number of aryl methyl sites for hydroxylation is 2. The highest BCUT2D eigenvalue weighted by Crippen LogP contribution is 2.37. The number of benzene rings is 1. The Morgan fingerprint density at radius 3 is 2.50 bits per heavy atom. The van der Waals surface area contributed by atoms with E-state index in [2.05, 4.69) is 0 Å². The molecule has 0 amide bonds. The third kappa shape index (κ3) is 1.35. The topological polar surface area (TPSA) is 52.6 Å². The second-order valence-electron chi connectivity index (χ2n) is 4.33. The van der Waals surface area contributed by atoms with Crippen LogP contribution >= 0.6 is 0 Å². The maximum Gasteiger partial charge on any atom is 0.336 e. The second kappa shape index (κ2) is 3.63. The molecule has 0 radical (unpaired) electrons. The largest absolute Gasteiger partial charge is 0.490 e. The fraction of sp³-hybridized carbons (Fsp3) is 0.214. The number of methoxy groups -OCH3 is 1. The summed E-state index contributed by atoms with van der Waals surface area (Å²) < 4.78 is 16.1. The Hall–Kier alpha value is -2.23. The highest BCUT2D eigenvalue weighted by atomic mass is 16.5. The van der Waals surface area contributed by atoms with Crippen LogP contribution in [-0.2, 0) is 0 Å². The Labute approximate surface area is 103 Å². The predicted molar refractivity (Wildman–Crippen MR) is 68.3 cm³/mol. The van der Waals surface area contributed by atoms with E-state index in [1.54, 1.807) is 6.26 Å². The van der Waals surface area contributed by atoms with Gasteiger partial charge in [0.2, 0.25) is 5.75 Å². The summed E-state index contributed by atoms with van der Waals surface area (Å²) in [6.07, 6.45) is 1.67. The molecule has 4 heteroatoms. The van der Waals surface area contributed by atoms with Gasteiger partial charge in [-0.25, -0.2) is 4.79 Å². The van der Waals surface area contributed by atoms with Crippen LogP contribution in [0.25, 0.3) is 21.9 Å². The van der Waals surface area contributed by atoms with Crippen molar-refractivity contribution in [1.82, 2.24) is 0 Å². The van der Waals surface area contributed by atoms with Gasteiger partial charge in [0.05, 0.1) is 13.4 Å². The summed E-state index contributed by atoms with van der Waals surface area (Å²) >= 11 is 0. The van der Waals surface area contributed by atoms with Crippen LogP contribution in [0.4, 0.5) is 0 Å². The van der Waals surface area contributed by atoms with Gasteiger partial charge in [0.15, 0.2) is 11.2 Å². The SMILES string of the molecule is COc1c2occ(C)c2cc2c(C)cc(=O)oc12. The summed E-state index contributed by atoms with van der Waals surface area (Å²) in [6, 6.07) is 3.44. The first-order valence-electron chi connectivity index (χ1n) is 5.61. The van der Waals surface area contributed by atoms with Crippen molar-refractivity contribution >= 4 is 21.9 Å². The van der Waals surface area contributed by atoms with E-state index in [-0.39, 0.29) is 5.63 Å². The third-order valence-corrected chi connectivity index (χ3v) is 3.13. The molecule has 3 aromatic rings. The molecule has 2 heterocycles. The monoisotopic (exact) mass is 244 g/mol. The van der Waals surface area contributed by atoms with Crippen LogP contribution < -0.4 is 10.4 Å². The molecular weight excluding hydrogens is 232 g/mol. The van der Waals surface area contributed by atoms with Crippen LogP contribution in [0.15, 0.2) is 32.0 Å². The Morgan fingerprint density at radius 2 is 1.78 bits per heavy atom. The summed E-state index contributed by atoms with van der Waals surface area (Å²) in [4.78, 5) is 11.5. The fourth-order valence-electron chi connectivity index (χ4n) is 2.21. The first-order chi connectivity index (χ1) is 8.61. The molecule has 18 heavy (non-hydrogen) atoms. The quantitative estimate of drug-likeness (QED) is 0.617. The molecule has 0 aliphatic rings. The second-order valence-corrected chi connectivity index (χ2v) is 4.33. The normalized spacial score (nSPS) is 11.3. The van der Waals surface area contributed by atoms with E-state index in [1.165, 1.54) is 13.2 Å². The maximum absolute atomic E-state index is 11.5. The fourth-order valence-corrected chi connectivity index (χ4v) is 2.21. The molecule has 0 bridgehead atoms. The lowest BCUT2D eigenvalue weighted by Crippen LogP contribution is -1.99. The van der Waals surface area contributed by atoms with E-state index >= 15 is 0 Å². The van der Waals surface area contributed by atoms with Crippen LogP contribution in [0.1, 0.15) is 11.1 Å². The summed E-state index contributed by atoms with van der Waals surface area (Å²) in [5, 5.41) is 1.83. The average molecular weight is 244 g/mol. The molecule has 0 aliphatic carbocycles. The van der Waals surface area contributed by atoms with Crippen LogP contribution in [-0.4, -0.2) is 7.11 Å². The highest BCUT2D eigenvalue weighted by molar-refractivity contribution is 6.02. The first kappa shape index (κ1) is 10.9. The summed E-state index contributed by atoms with van der Waals surface area (Å²) in [5.74, 6) is 0.469. The molecule has 0 spiro atoms. The molecule has 4 nitrogen and oxygen atoms in total. The van der Waals surface area contributed by atoms with Crippen LogP contribution in [0.5, 0.6) is 5.75 Å². The standard InChI is InChI=1S/C14H12O4/c1-7-4-11(15)18-13-9(7)5-10-8(2)6-17-12(10)14(13)16-3/h4-6H,1-3H3. The molecule has 2 aromatic heterocycles. The summed E-state index contributed by atoms with van der Waals surface area (Å²) in [5.41, 5.74) is 2.54. The number of ether oxygens (including phenoxy) is 1. The molecule has 0 fully saturated rings. The zero-order valence-corrected chi connectivity index (χ0v) is 10.4. The molecule has 3 rings (SSSR count). The van der Waals surface area contributed by atoms with Crippen LogP contribution in [0.3, 0.4) is 0 Å². The Kier molecular flexibility index (Phi) is 2.20. The van der Waals surface area contributed by atoms with Crippen molar-refractivity contribution in [2.75, 3.05) is 7.11 Å². The number of fused-ring (bicyclic) bond motifs is 2. The Bertz CT molecular complexity index is 808. The summed E-state index contributed by atoms with van der Waals surface area (Å²) in [6.45, 7) is 3.84. The maximum atomic E-state index is 11.5. The van der Waals surface area contributed by atoms with E-state index in [1.807, 2.05) is 19.9 Å². The molecule has 0 aliphatic heterocycles. The number of hydrogen-bond donors (Lipinski definition) is 0. The average Bonchev–Trinajstić information content (AvgIpc) is 2.69. The van der Waals surface area contributed by atoms with Crippen molar-refractivity contribution in [1.29, 1.82) is 0 Å². The lowest BCUT2D eigenvalue weighted by molar-refractivity contribution is 0.402. The molecule has 1 aromatic carbocycles. The smallest absolute Gasteiger partial charge is 0.336 e. The van der Waals surface area contributed by atoms with Crippen molar-refractivity contribution in [2.24, 2.45) is 0 Å². The van der Waals surface area contributed by atoms with E-state index in [9.17, 15) is 4.79 Å². The Balaban J connectivity index is 2.63. The van der Waals surface area contributed by atoms with Gasteiger partial charge < -0.3 is 13.6 Å². The molecule has 0 atom stereocenters. The van der Waals surface area contributed by atoms with Gasteiger partial charge in [-0.3, -0.25) is 0 Å². The molecule has 0 N–H and O–H groups in total. The minimum atomic E-state index is -0.388. The van der Waals surface area contributed by atoms with Gasteiger partial charge in [-0.15, -0.1) is 0 Å². The lowest BCUT2D eigenvalue weighted by atomic mass is 10.1. The van der Waals surface area contributed by atoms with Crippen molar-refractivity contribution in [3.63, 3.8) is 0 Å². The Morgan fingerprint density at radius 1 is 1.06 bits per heavy atom. The van der Waals surface area contributed by atoms with Gasteiger partial charge in [-0.05, 0) is 31.0 Å². The van der Waals surface area contributed by atoms with E-state index < -0.39 is 0 Å². The lowest BCUT2D eigenvalue weighted by Gasteiger charge is -2.06. The zero-order valence-electron chi connectivity index (χ0n) is 10.4. The van der Waals surface area contributed by atoms with Gasteiger partial charge in [0.25, 0.3) is 0 Å². The van der Waals surface area contributed by atoms with Crippen molar-refractivity contribution < 1.29 is 13.6 Å². The van der Waals surface area contributed by atoms with Gasteiger partial charge in [-0.1, -0.05) is 0 Å². The summed E-state index contributed by atoms with van der Waals surface area (Å²) in [7, 11) is 1.54. The van der Waals surface area contributed by atoms with Crippen LogP contribution in [0, 0.1) is 13.8 Å². The minimum Gasteiger partial charge on any atom is -0.490 e. The highest BCUT2D eigenvalue weighted by Gasteiger charge is 2.16. The van der Waals surface area contributed by atoms with Gasteiger partial charge in [0.1, 0.15) is 0 Å². The number of rotatable bonds is 1. The van der Waals surface area contributed by atoms with Gasteiger partial charge in [-0.2, -0.15) is 0 Å².